The molecule has 0 fully saturated rings. The van der Waals surface area contributed by atoms with Crippen LogP contribution in [0.4, 0.5) is 0 Å². The van der Waals surface area contributed by atoms with Gasteiger partial charge in [0, 0.05) is 18.1 Å². The second kappa shape index (κ2) is 4.09. The van der Waals surface area contributed by atoms with Crippen LogP contribution in [0.2, 0.25) is 0 Å². The smallest absolute Gasteiger partial charge is 0.181 e. The second-order valence-corrected chi connectivity index (χ2v) is 3.31. The Morgan fingerprint density at radius 2 is 2.07 bits per heavy atom. The molecular formula is C12H13N2. The van der Waals surface area contributed by atoms with Crippen LogP contribution in [0, 0.1) is 6.33 Å². The molecule has 1 heterocycles. The molecule has 1 aromatic heterocycles. The predicted octanol–water partition coefficient (Wildman–Crippen LogP) is 2.62. The van der Waals surface area contributed by atoms with Crippen LogP contribution in [-0.4, -0.2) is 9.55 Å². The summed E-state index contributed by atoms with van der Waals surface area (Å²) in [6, 6.07) is 8.52. The van der Waals surface area contributed by atoms with E-state index in [9.17, 15) is 0 Å². The van der Waals surface area contributed by atoms with Crippen molar-refractivity contribution in [2.75, 3.05) is 0 Å². The fourth-order valence-corrected chi connectivity index (χ4v) is 1.48. The molecule has 0 aliphatic heterocycles. The normalized spacial score (nSPS) is 10.4. The third-order valence-electron chi connectivity index (χ3n) is 2.21. The van der Waals surface area contributed by atoms with Crippen LogP contribution in [0.15, 0.2) is 36.7 Å². The van der Waals surface area contributed by atoms with Crippen LogP contribution >= 0.6 is 0 Å². The van der Waals surface area contributed by atoms with E-state index < -0.39 is 0 Å². The lowest BCUT2D eigenvalue weighted by molar-refractivity contribution is 0.919. The van der Waals surface area contributed by atoms with Gasteiger partial charge in [-0.2, -0.15) is 0 Å². The Kier molecular flexibility index (Phi) is 2.63. The van der Waals surface area contributed by atoms with Crippen LogP contribution in [0.3, 0.4) is 0 Å². The molecule has 0 atom stereocenters. The highest BCUT2D eigenvalue weighted by Crippen LogP contribution is 2.10. The van der Waals surface area contributed by atoms with Gasteiger partial charge in [-0.3, -0.25) is 4.57 Å². The summed E-state index contributed by atoms with van der Waals surface area (Å²) in [5.74, 6) is 0. The van der Waals surface area contributed by atoms with E-state index in [0.29, 0.717) is 0 Å². The standard InChI is InChI=1S/C12H13N2/c1-2-3-11-4-6-12(7-5-11)14-9-8-13-10-14/h4-9H,2-3H2,1H3. The molecular weight excluding hydrogens is 172 g/mol. The Bertz CT molecular complexity index is 373. The molecule has 0 aliphatic carbocycles. The van der Waals surface area contributed by atoms with Gasteiger partial charge in [-0.15, -0.1) is 0 Å². The Balaban J connectivity index is 2.22. The summed E-state index contributed by atoms with van der Waals surface area (Å²) in [6.07, 6.45) is 8.84. The molecule has 0 unspecified atom stereocenters. The van der Waals surface area contributed by atoms with Crippen molar-refractivity contribution in [3.8, 4) is 5.69 Å². The second-order valence-electron chi connectivity index (χ2n) is 3.31. The summed E-state index contributed by atoms with van der Waals surface area (Å²) < 4.78 is 1.88. The number of rotatable bonds is 3. The fourth-order valence-electron chi connectivity index (χ4n) is 1.48. The monoisotopic (exact) mass is 185 g/mol. The zero-order valence-corrected chi connectivity index (χ0v) is 8.27. The quantitative estimate of drug-likeness (QED) is 0.718. The minimum Gasteiger partial charge on any atom is -0.297 e. The van der Waals surface area contributed by atoms with Crippen LogP contribution in [0.1, 0.15) is 18.9 Å². The average Bonchev–Trinajstić information content (AvgIpc) is 2.72. The Hall–Kier alpha value is -1.57. The van der Waals surface area contributed by atoms with Crippen LogP contribution in [0.25, 0.3) is 5.69 Å². The largest absolute Gasteiger partial charge is 0.297 e. The molecule has 0 N–H and O–H groups in total. The average molecular weight is 185 g/mol. The molecule has 2 aromatic rings. The lowest BCUT2D eigenvalue weighted by Gasteiger charge is -2.02. The molecule has 0 aliphatic rings. The zero-order valence-electron chi connectivity index (χ0n) is 8.27. The van der Waals surface area contributed by atoms with Crippen molar-refractivity contribution in [3.05, 3.63) is 48.5 Å². The third kappa shape index (κ3) is 1.84. The van der Waals surface area contributed by atoms with Gasteiger partial charge in [0.15, 0.2) is 6.33 Å². The number of hydrogen-bond acceptors (Lipinski definition) is 1. The van der Waals surface area contributed by atoms with Crippen molar-refractivity contribution in [2.24, 2.45) is 0 Å². The molecule has 2 nitrogen and oxygen atoms in total. The molecule has 0 amide bonds. The molecule has 2 heteroatoms. The van der Waals surface area contributed by atoms with E-state index in [1.54, 1.807) is 6.20 Å². The molecule has 1 aromatic carbocycles. The van der Waals surface area contributed by atoms with Crippen molar-refractivity contribution < 1.29 is 0 Å². The summed E-state index contributed by atoms with van der Waals surface area (Å²) in [6.45, 7) is 2.19. The minimum atomic E-state index is 1.11. The van der Waals surface area contributed by atoms with Gasteiger partial charge >= 0.3 is 0 Å². The summed E-state index contributed by atoms with van der Waals surface area (Å²) in [4.78, 5) is 3.90. The van der Waals surface area contributed by atoms with Gasteiger partial charge in [-0.25, -0.2) is 4.98 Å². The van der Waals surface area contributed by atoms with E-state index in [-0.39, 0.29) is 0 Å². The van der Waals surface area contributed by atoms with E-state index in [4.69, 9.17) is 0 Å². The molecule has 71 valence electrons. The Morgan fingerprint density at radius 1 is 1.29 bits per heavy atom. The minimum absolute atomic E-state index is 1.11. The molecule has 0 spiro atoms. The highest BCUT2D eigenvalue weighted by atomic mass is 15.0. The van der Waals surface area contributed by atoms with Gasteiger partial charge in [0.2, 0.25) is 0 Å². The topological polar surface area (TPSA) is 17.8 Å². The van der Waals surface area contributed by atoms with Crippen molar-refractivity contribution >= 4 is 0 Å². The molecule has 0 bridgehead atoms. The van der Waals surface area contributed by atoms with Crippen LogP contribution < -0.4 is 0 Å². The van der Waals surface area contributed by atoms with E-state index in [2.05, 4.69) is 42.5 Å². The third-order valence-corrected chi connectivity index (χ3v) is 2.21. The number of imidazole rings is 1. The molecule has 1 radical (unpaired) electrons. The first-order valence-corrected chi connectivity index (χ1v) is 4.90. The first-order chi connectivity index (χ1) is 6.90. The zero-order chi connectivity index (χ0) is 9.80. The van der Waals surface area contributed by atoms with Crippen molar-refractivity contribution in [1.29, 1.82) is 0 Å². The van der Waals surface area contributed by atoms with Gasteiger partial charge in [0.05, 0.1) is 0 Å². The van der Waals surface area contributed by atoms with E-state index >= 15 is 0 Å². The van der Waals surface area contributed by atoms with Crippen LogP contribution in [0.5, 0.6) is 0 Å². The summed E-state index contributed by atoms with van der Waals surface area (Å²) in [7, 11) is 0. The maximum Gasteiger partial charge on any atom is 0.181 e. The first kappa shape index (κ1) is 9.00. The maximum absolute atomic E-state index is 3.90. The highest BCUT2D eigenvalue weighted by molar-refractivity contribution is 5.34. The molecule has 0 saturated heterocycles. The van der Waals surface area contributed by atoms with E-state index in [1.165, 1.54) is 12.0 Å². The predicted molar refractivity (Wildman–Crippen MR) is 56.4 cm³/mol. The highest BCUT2D eigenvalue weighted by Gasteiger charge is 1.95. The lowest BCUT2D eigenvalue weighted by atomic mass is 10.1. The first-order valence-electron chi connectivity index (χ1n) is 4.90. The number of hydrogen-bond donors (Lipinski definition) is 0. The number of aromatic nitrogens is 2. The van der Waals surface area contributed by atoms with Crippen molar-refractivity contribution in [3.63, 3.8) is 0 Å². The molecule has 14 heavy (non-hydrogen) atoms. The maximum atomic E-state index is 3.90. The Morgan fingerprint density at radius 3 is 2.64 bits per heavy atom. The Labute approximate surface area is 84.2 Å². The SMILES string of the molecule is CCCc1ccc(-n2[c]ncc2)cc1. The van der Waals surface area contributed by atoms with E-state index in [1.807, 2.05) is 10.8 Å². The molecule has 0 saturated carbocycles. The lowest BCUT2D eigenvalue weighted by Crippen LogP contribution is -1.91. The number of benzene rings is 1. The van der Waals surface area contributed by atoms with Gasteiger partial charge in [0.25, 0.3) is 0 Å². The summed E-state index contributed by atoms with van der Waals surface area (Å²) in [5.41, 5.74) is 2.50. The van der Waals surface area contributed by atoms with Crippen molar-refractivity contribution in [1.82, 2.24) is 9.55 Å². The van der Waals surface area contributed by atoms with Gasteiger partial charge in [-0.05, 0) is 24.1 Å². The van der Waals surface area contributed by atoms with Crippen LogP contribution in [-0.2, 0) is 6.42 Å². The van der Waals surface area contributed by atoms with Gasteiger partial charge < -0.3 is 0 Å². The fraction of sp³-hybridized carbons (Fsp3) is 0.250. The number of nitrogens with zero attached hydrogens (tertiary/aromatic N) is 2. The molecule has 2 rings (SSSR count). The number of aryl methyl sites for hydroxylation is 1. The van der Waals surface area contributed by atoms with Gasteiger partial charge in [-0.1, -0.05) is 25.5 Å². The summed E-state index contributed by atoms with van der Waals surface area (Å²) >= 11 is 0. The summed E-state index contributed by atoms with van der Waals surface area (Å²) in [5, 5.41) is 0. The van der Waals surface area contributed by atoms with Crippen molar-refractivity contribution in [2.45, 2.75) is 19.8 Å². The van der Waals surface area contributed by atoms with Gasteiger partial charge in [0.1, 0.15) is 0 Å². The van der Waals surface area contributed by atoms with E-state index in [0.717, 1.165) is 12.1 Å².